The summed E-state index contributed by atoms with van der Waals surface area (Å²) in [5.74, 6) is -0.0173. The predicted molar refractivity (Wildman–Crippen MR) is 60.7 cm³/mol. The van der Waals surface area contributed by atoms with Crippen molar-refractivity contribution in [3.8, 4) is 0 Å². The van der Waals surface area contributed by atoms with Crippen molar-refractivity contribution in [2.24, 2.45) is 5.92 Å². The number of hydrogen-bond donors (Lipinski definition) is 0. The van der Waals surface area contributed by atoms with Crippen molar-refractivity contribution < 1.29 is 9.53 Å². The van der Waals surface area contributed by atoms with Gasteiger partial charge >= 0.3 is 5.97 Å². The van der Waals surface area contributed by atoms with E-state index in [1.807, 2.05) is 51.1 Å². The van der Waals surface area contributed by atoms with Crippen LogP contribution >= 0.6 is 0 Å². The summed E-state index contributed by atoms with van der Waals surface area (Å²) in [7, 11) is 0. The highest BCUT2D eigenvalue weighted by atomic mass is 16.5. The monoisotopic (exact) mass is 206 g/mol. The summed E-state index contributed by atoms with van der Waals surface area (Å²) < 4.78 is 5.08. The number of esters is 1. The lowest BCUT2D eigenvalue weighted by Gasteiger charge is -2.19. The Labute approximate surface area is 91.3 Å². The third kappa shape index (κ3) is 3.08. The summed E-state index contributed by atoms with van der Waals surface area (Å²) in [6, 6.07) is 9.79. The fourth-order valence-electron chi connectivity index (χ4n) is 1.69. The molecule has 1 aromatic carbocycles. The van der Waals surface area contributed by atoms with E-state index in [2.05, 4.69) is 0 Å². The number of hydrogen-bond acceptors (Lipinski definition) is 2. The molecule has 0 aliphatic rings. The predicted octanol–water partition coefficient (Wildman–Crippen LogP) is 2.99. The number of carbonyl (C=O) groups excluding carboxylic acids is 1. The fourth-order valence-corrected chi connectivity index (χ4v) is 1.69. The van der Waals surface area contributed by atoms with Crippen molar-refractivity contribution in [2.75, 3.05) is 6.61 Å². The van der Waals surface area contributed by atoms with Gasteiger partial charge in [0, 0.05) is 0 Å². The van der Waals surface area contributed by atoms with E-state index in [1.165, 1.54) is 0 Å². The van der Waals surface area contributed by atoms with Crippen LogP contribution < -0.4 is 0 Å². The molecule has 0 unspecified atom stereocenters. The summed E-state index contributed by atoms with van der Waals surface area (Å²) in [5, 5.41) is 0. The Balaban J connectivity index is 2.88. The summed E-state index contributed by atoms with van der Waals surface area (Å²) in [6.45, 7) is 6.35. The van der Waals surface area contributed by atoms with Gasteiger partial charge in [0.15, 0.2) is 0 Å². The Morgan fingerprint density at radius 1 is 1.27 bits per heavy atom. The normalized spacial score (nSPS) is 12.5. The molecule has 0 spiro atoms. The van der Waals surface area contributed by atoms with E-state index in [0.717, 1.165) is 5.56 Å². The van der Waals surface area contributed by atoms with Gasteiger partial charge in [-0.15, -0.1) is 0 Å². The van der Waals surface area contributed by atoms with Gasteiger partial charge in [-0.3, -0.25) is 4.79 Å². The molecule has 0 amide bonds. The van der Waals surface area contributed by atoms with Crippen LogP contribution in [0.1, 0.15) is 32.3 Å². The molecule has 0 fully saturated rings. The minimum atomic E-state index is -0.147. The van der Waals surface area contributed by atoms with Crippen LogP contribution in [0.2, 0.25) is 0 Å². The summed E-state index contributed by atoms with van der Waals surface area (Å²) in [6.07, 6.45) is 0. The Morgan fingerprint density at radius 3 is 2.33 bits per heavy atom. The maximum Gasteiger partial charge on any atom is 0.313 e. The molecule has 0 radical (unpaired) electrons. The van der Waals surface area contributed by atoms with E-state index < -0.39 is 0 Å². The molecule has 0 aliphatic heterocycles. The van der Waals surface area contributed by atoms with Gasteiger partial charge in [-0.2, -0.15) is 0 Å². The van der Waals surface area contributed by atoms with Crippen molar-refractivity contribution >= 4 is 5.97 Å². The van der Waals surface area contributed by atoms with E-state index >= 15 is 0 Å². The first-order chi connectivity index (χ1) is 7.16. The van der Waals surface area contributed by atoms with Gasteiger partial charge in [0.05, 0.1) is 12.5 Å². The highest BCUT2D eigenvalue weighted by Crippen LogP contribution is 2.25. The summed E-state index contributed by atoms with van der Waals surface area (Å²) in [4.78, 5) is 11.8. The molecule has 15 heavy (non-hydrogen) atoms. The Kier molecular flexibility index (Phi) is 4.35. The number of benzene rings is 1. The minimum absolute atomic E-state index is 0.126. The summed E-state index contributed by atoms with van der Waals surface area (Å²) in [5.41, 5.74) is 1.03. The van der Waals surface area contributed by atoms with E-state index in [0.29, 0.717) is 6.61 Å². The van der Waals surface area contributed by atoms with Gasteiger partial charge in [0.25, 0.3) is 0 Å². The van der Waals surface area contributed by atoms with Gasteiger partial charge in [-0.25, -0.2) is 0 Å². The summed E-state index contributed by atoms with van der Waals surface area (Å²) >= 11 is 0. The maximum absolute atomic E-state index is 11.8. The highest BCUT2D eigenvalue weighted by Gasteiger charge is 2.24. The first kappa shape index (κ1) is 11.8. The van der Waals surface area contributed by atoms with Crippen molar-refractivity contribution in [3.63, 3.8) is 0 Å². The minimum Gasteiger partial charge on any atom is -0.466 e. The van der Waals surface area contributed by atoms with Crippen LogP contribution in [0.15, 0.2) is 30.3 Å². The topological polar surface area (TPSA) is 26.3 Å². The van der Waals surface area contributed by atoms with Gasteiger partial charge in [-0.1, -0.05) is 44.2 Å². The molecule has 0 saturated carbocycles. The Hall–Kier alpha value is -1.31. The molecule has 0 aromatic heterocycles. The largest absolute Gasteiger partial charge is 0.466 e. The van der Waals surface area contributed by atoms with Crippen LogP contribution in [0.4, 0.5) is 0 Å². The third-order valence-electron chi connectivity index (χ3n) is 2.37. The van der Waals surface area contributed by atoms with Crippen LogP contribution in [0.3, 0.4) is 0 Å². The Morgan fingerprint density at radius 2 is 1.87 bits per heavy atom. The van der Waals surface area contributed by atoms with E-state index in [4.69, 9.17) is 4.74 Å². The van der Waals surface area contributed by atoms with Crippen LogP contribution in [-0.2, 0) is 9.53 Å². The van der Waals surface area contributed by atoms with Crippen LogP contribution in [0.5, 0.6) is 0 Å². The van der Waals surface area contributed by atoms with Gasteiger partial charge < -0.3 is 4.74 Å². The zero-order chi connectivity index (χ0) is 11.3. The zero-order valence-corrected chi connectivity index (χ0v) is 9.57. The number of carbonyl (C=O) groups is 1. The van der Waals surface area contributed by atoms with Crippen molar-refractivity contribution in [1.82, 2.24) is 0 Å². The van der Waals surface area contributed by atoms with Crippen LogP contribution in [-0.4, -0.2) is 12.6 Å². The molecular formula is C13H18O2. The first-order valence-electron chi connectivity index (χ1n) is 5.38. The lowest BCUT2D eigenvalue weighted by atomic mass is 9.88. The molecule has 0 bridgehead atoms. The van der Waals surface area contributed by atoms with Gasteiger partial charge in [0.2, 0.25) is 0 Å². The van der Waals surface area contributed by atoms with Gasteiger partial charge in [0.1, 0.15) is 0 Å². The molecule has 0 saturated heterocycles. The van der Waals surface area contributed by atoms with Crippen LogP contribution in [0.25, 0.3) is 0 Å². The second-order valence-electron chi connectivity index (χ2n) is 3.88. The average molecular weight is 206 g/mol. The fraction of sp³-hybridized carbons (Fsp3) is 0.462. The average Bonchev–Trinajstić information content (AvgIpc) is 2.19. The van der Waals surface area contributed by atoms with E-state index in [1.54, 1.807) is 0 Å². The van der Waals surface area contributed by atoms with E-state index in [9.17, 15) is 4.79 Å². The lowest BCUT2D eigenvalue weighted by Crippen LogP contribution is -2.20. The molecule has 0 N–H and O–H groups in total. The van der Waals surface area contributed by atoms with Crippen LogP contribution in [0, 0.1) is 5.92 Å². The van der Waals surface area contributed by atoms with Crippen molar-refractivity contribution in [2.45, 2.75) is 26.7 Å². The van der Waals surface area contributed by atoms with E-state index in [-0.39, 0.29) is 17.8 Å². The molecule has 1 atom stereocenters. The lowest BCUT2D eigenvalue weighted by molar-refractivity contribution is -0.146. The zero-order valence-electron chi connectivity index (χ0n) is 9.57. The molecule has 2 heteroatoms. The molecule has 0 heterocycles. The van der Waals surface area contributed by atoms with Gasteiger partial charge in [-0.05, 0) is 18.4 Å². The standard InChI is InChI=1S/C13H18O2/c1-4-15-13(14)12(10(2)3)11-8-6-5-7-9-11/h5-10,12H,4H2,1-3H3/t12-/m0/s1. The molecule has 1 rings (SSSR count). The SMILES string of the molecule is CCOC(=O)[C@H](c1ccccc1)C(C)C. The maximum atomic E-state index is 11.8. The van der Waals surface area contributed by atoms with Crippen molar-refractivity contribution in [3.05, 3.63) is 35.9 Å². The highest BCUT2D eigenvalue weighted by molar-refractivity contribution is 5.78. The molecule has 0 aliphatic carbocycles. The Bertz CT molecular complexity index is 304. The smallest absolute Gasteiger partial charge is 0.313 e. The molecule has 1 aromatic rings. The number of ether oxygens (including phenoxy) is 1. The molecule has 82 valence electrons. The second kappa shape index (κ2) is 5.54. The number of rotatable bonds is 4. The first-order valence-corrected chi connectivity index (χ1v) is 5.38. The quantitative estimate of drug-likeness (QED) is 0.708. The molecule has 2 nitrogen and oxygen atoms in total. The van der Waals surface area contributed by atoms with Crippen molar-refractivity contribution in [1.29, 1.82) is 0 Å². The molecular weight excluding hydrogens is 188 g/mol. The second-order valence-corrected chi connectivity index (χ2v) is 3.88. The third-order valence-corrected chi connectivity index (χ3v) is 2.37.